The maximum absolute atomic E-state index is 12.0. The minimum atomic E-state index is -0.669. The number of halogens is 1. The number of ether oxygens (including phenoxy) is 1. The molecule has 19 heavy (non-hydrogen) atoms. The van der Waals surface area contributed by atoms with Crippen molar-refractivity contribution in [3.8, 4) is 0 Å². The van der Waals surface area contributed by atoms with Crippen LogP contribution in [0.3, 0.4) is 0 Å². The van der Waals surface area contributed by atoms with Crippen LogP contribution >= 0.6 is 27.7 Å². The molecule has 1 fully saturated rings. The SMILES string of the molecule is COC(=O)C(C)(CSc1ncccc1Br)NC1CC1. The van der Waals surface area contributed by atoms with E-state index in [0.717, 1.165) is 22.3 Å². The van der Waals surface area contributed by atoms with Crippen molar-refractivity contribution in [2.45, 2.75) is 36.4 Å². The molecule has 0 saturated heterocycles. The van der Waals surface area contributed by atoms with Gasteiger partial charge in [-0.1, -0.05) is 0 Å². The Kier molecular flexibility index (Phi) is 4.86. The quantitative estimate of drug-likeness (QED) is 0.635. The Labute approximate surface area is 125 Å². The highest BCUT2D eigenvalue weighted by molar-refractivity contribution is 9.10. The molecular weight excluding hydrogens is 328 g/mol. The fraction of sp³-hybridized carbons (Fsp3) is 0.538. The summed E-state index contributed by atoms with van der Waals surface area (Å²) in [5, 5.41) is 4.25. The Morgan fingerprint density at radius 1 is 1.68 bits per heavy atom. The van der Waals surface area contributed by atoms with Gasteiger partial charge in [0.25, 0.3) is 0 Å². The molecule has 104 valence electrons. The van der Waals surface area contributed by atoms with E-state index in [1.807, 2.05) is 19.1 Å². The van der Waals surface area contributed by atoms with Gasteiger partial charge in [0.05, 0.1) is 7.11 Å². The lowest BCUT2D eigenvalue weighted by atomic mass is 10.1. The number of nitrogens with zero attached hydrogens (tertiary/aromatic N) is 1. The summed E-state index contributed by atoms with van der Waals surface area (Å²) < 4.78 is 5.86. The average molecular weight is 345 g/mol. The first-order chi connectivity index (χ1) is 9.05. The van der Waals surface area contributed by atoms with Gasteiger partial charge >= 0.3 is 5.97 Å². The number of rotatable bonds is 6. The van der Waals surface area contributed by atoms with Crippen molar-refractivity contribution >= 4 is 33.7 Å². The first-order valence-corrected chi connectivity index (χ1v) is 7.92. The largest absolute Gasteiger partial charge is 0.468 e. The smallest absolute Gasteiger partial charge is 0.326 e. The predicted octanol–water partition coefficient (Wildman–Crippen LogP) is 2.62. The van der Waals surface area contributed by atoms with Crippen molar-refractivity contribution in [2.75, 3.05) is 12.9 Å². The second-order valence-electron chi connectivity index (χ2n) is 4.82. The molecule has 0 spiro atoms. The third-order valence-electron chi connectivity index (χ3n) is 2.96. The number of nitrogens with one attached hydrogen (secondary N) is 1. The maximum atomic E-state index is 12.0. The Balaban J connectivity index is 2.03. The Morgan fingerprint density at radius 2 is 2.42 bits per heavy atom. The van der Waals surface area contributed by atoms with E-state index in [2.05, 4.69) is 26.2 Å². The molecule has 0 bridgehead atoms. The lowest BCUT2D eigenvalue weighted by Crippen LogP contribution is -2.53. The highest BCUT2D eigenvalue weighted by Crippen LogP contribution is 2.30. The lowest BCUT2D eigenvalue weighted by Gasteiger charge is -2.27. The molecule has 1 aliphatic carbocycles. The van der Waals surface area contributed by atoms with Crippen LogP contribution in [0.25, 0.3) is 0 Å². The van der Waals surface area contributed by atoms with Gasteiger partial charge in [-0.25, -0.2) is 4.98 Å². The predicted molar refractivity (Wildman–Crippen MR) is 79.2 cm³/mol. The van der Waals surface area contributed by atoms with Gasteiger partial charge in [-0.2, -0.15) is 0 Å². The van der Waals surface area contributed by atoms with Crippen molar-refractivity contribution in [3.63, 3.8) is 0 Å². The average Bonchev–Trinajstić information content (AvgIpc) is 3.20. The van der Waals surface area contributed by atoms with Gasteiger partial charge in [0.1, 0.15) is 10.6 Å². The van der Waals surface area contributed by atoms with Crippen molar-refractivity contribution in [3.05, 3.63) is 22.8 Å². The zero-order valence-electron chi connectivity index (χ0n) is 11.0. The number of carbonyl (C=O) groups excluding carboxylic acids is 1. The summed E-state index contributed by atoms with van der Waals surface area (Å²) in [5.74, 6) is 0.366. The zero-order chi connectivity index (χ0) is 13.9. The number of thioether (sulfide) groups is 1. The monoisotopic (exact) mass is 344 g/mol. The normalized spacial score (nSPS) is 17.8. The molecule has 1 aliphatic rings. The van der Waals surface area contributed by atoms with E-state index in [9.17, 15) is 4.79 Å². The first kappa shape index (κ1) is 14.8. The summed E-state index contributed by atoms with van der Waals surface area (Å²) >= 11 is 5.01. The van der Waals surface area contributed by atoms with Crippen LogP contribution in [0.1, 0.15) is 19.8 Å². The van der Waals surface area contributed by atoms with Crippen LogP contribution in [-0.2, 0) is 9.53 Å². The molecule has 1 aromatic heterocycles. The third-order valence-corrected chi connectivity index (χ3v) is 5.18. The number of hydrogen-bond donors (Lipinski definition) is 1. The Hall–Kier alpha value is -0.590. The van der Waals surface area contributed by atoms with Crippen molar-refractivity contribution in [1.82, 2.24) is 10.3 Å². The van der Waals surface area contributed by atoms with E-state index in [0.29, 0.717) is 11.8 Å². The van der Waals surface area contributed by atoms with Gasteiger partial charge < -0.3 is 4.74 Å². The molecule has 0 aliphatic heterocycles. The number of pyridine rings is 1. The van der Waals surface area contributed by atoms with Gasteiger partial charge in [-0.15, -0.1) is 11.8 Å². The van der Waals surface area contributed by atoms with Crippen LogP contribution in [0, 0.1) is 0 Å². The highest BCUT2D eigenvalue weighted by Gasteiger charge is 2.39. The first-order valence-electron chi connectivity index (χ1n) is 6.14. The molecule has 0 amide bonds. The molecule has 2 rings (SSSR count). The summed E-state index contributed by atoms with van der Waals surface area (Å²) in [7, 11) is 1.43. The Morgan fingerprint density at radius 3 is 3.00 bits per heavy atom. The van der Waals surface area contributed by atoms with Crippen molar-refractivity contribution < 1.29 is 9.53 Å². The van der Waals surface area contributed by atoms with Crippen molar-refractivity contribution in [2.24, 2.45) is 0 Å². The van der Waals surface area contributed by atoms with Gasteiger partial charge in [-0.3, -0.25) is 10.1 Å². The minimum Gasteiger partial charge on any atom is -0.468 e. The molecule has 1 aromatic rings. The third kappa shape index (κ3) is 3.94. The van der Waals surface area contributed by atoms with E-state index in [4.69, 9.17) is 4.74 Å². The van der Waals surface area contributed by atoms with Gasteiger partial charge in [0.15, 0.2) is 0 Å². The molecule has 1 N–H and O–H groups in total. The summed E-state index contributed by atoms with van der Waals surface area (Å²) in [4.78, 5) is 16.3. The number of aromatic nitrogens is 1. The van der Waals surface area contributed by atoms with Gasteiger partial charge in [-0.05, 0) is 47.8 Å². The molecule has 1 unspecified atom stereocenters. The molecule has 1 saturated carbocycles. The van der Waals surface area contributed by atoms with Crippen LogP contribution in [0.2, 0.25) is 0 Å². The molecule has 1 heterocycles. The van der Waals surface area contributed by atoms with E-state index >= 15 is 0 Å². The van der Waals surface area contributed by atoms with Gasteiger partial charge in [0.2, 0.25) is 0 Å². The fourth-order valence-electron chi connectivity index (χ4n) is 1.75. The minimum absolute atomic E-state index is 0.223. The molecule has 0 radical (unpaired) electrons. The van der Waals surface area contributed by atoms with E-state index in [1.165, 1.54) is 7.11 Å². The van der Waals surface area contributed by atoms with E-state index in [-0.39, 0.29) is 5.97 Å². The summed E-state index contributed by atoms with van der Waals surface area (Å²) in [5.41, 5.74) is -0.669. The van der Waals surface area contributed by atoms with Crippen LogP contribution in [0.15, 0.2) is 27.8 Å². The van der Waals surface area contributed by atoms with Crippen LogP contribution in [-0.4, -0.2) is 35.4 Å². The highest BCUT2D eigenvalue weighted by atomic mass is 79.9. The second-order valence-corrected chi connectivity index (χ2v) is 6.64. The number of methoxy groups -OCH3 is 1. The molecular formula is C13H17BrN2O2S. The lowest BCUT2D eigenvalue weighted by molar-refractivity contribution is -0.147. The molecule has 4 nitrogen and oxygen atoms in total. The summed E-state index contributed by atoms with van der Waals surface area (Å²) in [6.07, 6.45) is 4.01. The molecule has 0 aromatic carbocycles. The standard InChI is InChI=1S/C13H17BrN2O2S/c1-13(12(17)18-2,16-9-5-6-9)8-19-11-10(14)4-3-7-15-11/h3-4,7,9,16H,5-6,8H2,1-2H3. The molecule has 1 atom stereocenters. The van der Waals surface area contributed by atoms with Crippen LogP contribution in [0.4, 0.5) is 0 Å². The Bertz CT molecular complexity index is 468. The fourth-order valence-corrected chi connectivity index (χ4v) is 3.32. The molecule has 6 heteroatoms. The topological polar surface area (TPSA) is 51.2 Å². The maximum Gasteiger partial charge on any atom is 0.326 e. The number of carbonyl (C=O) groups is 1. The second kappa shape index (κ2) is 6.24. The number of esters is 1. The van der Waals surface area contributed by atoms with E-state index < -0.39 is 5.54 Å². The zero-order valence-corrected chi connectivity index (χ0v) is 13.4. The van der Waals surface area contributed by atoms with Gasteiger partial charge in [0, 0.05) is 22.5 Å². The summed E-state index contributed by atoms with van der Waals surface area (Å²) in [6, 6.07) is 4.26. The van der Waals surface area contributed by atoms with E-state index in [1.54, 1.807) is 18.0 Å². The van der Waals surface area contributed by atoms with Crippen LogP contribution < -0.4 is 5.32 Å². The van der Waals surface area contributed by atoms with Crippen LogP contribution in [0.5, 0.6) is 0 Å². The summed E-state index contributed by atoms with van der Waals surface area (Å²) in [6.45, 7) is 1.89. The van der Waals surface area contributed by atoms with Crippen molar-refractivity contribution in [1.29, 1.82) is 0 Å². The number of hydrogen-bond acceptors (Lipinski definition) is 5.